The van der Waals surface area contributed by atoms with Gasteiger partial charge in [0.15, 0.2) is 0 Å². The van der Waals surface area contributed by atoms with Crippen LogP contribution in [0, 0.1) is 0 Å². The minimum Gasteiger partial charge on any atom is -0.268 e. The van der Waals surface area contributed by atoms with Crippen LogP contribution in [-0.2, 0) is 20.0 Å². The first-order valence-electron chi connectivity index (χ1n) is 8.53. The molecule has 2 amide bonds. The first kappa shape index (κ1) is 21.2. The fourth-order valence-corrected chi connectivity index (χ4v) is 4.47. The van der Waals surface area contributed by atoms with Crippen molar-refractivity contribution in [1.82, 2.24) is 9.44 Å². The number of benzene rings is 3. The molecule has 0 aliphatic rings. The topological polar surface area (TPSA) is 126 Å². The van der Waals surface area contributed by atoms with Gasteiger partial charge in [-0.15, -0.1) is 0 Å². The average molecular weight is 444 g/mol. The van der Waals surface area contributed by atoms with Gasteiger partial charge in [0.05, 0.1) is 9.79 Å². The van der Waals surface area contributed by atoms with Gasteiger partial charge in [0, 0.05) is 11.1 Å². The Labute approximate surface area is 173 Å². The van der Waals surface area contributed by atoms with Crippen LogP contribution in [0.3, 0.4) is 0 Å². The Kier molecular flexibility index (Phi) is 5.99. The predicted octanol–water partition coefficient (Wildman–Crippen LogP) is 1.92. The highest BCUT2D eigenvalue weighted by atomic mass is 32.2. The van der Waals surface area contributed by atoms with Crippen molar-refractivity contribution in [2.45, 2.75) is 9.79 Å². The molecule has 0 unspecified atom stereocenters. The van der Waals surface area contributed by atoms with Gasteiger partial charge in [-0.25, -0.2) is 26.3 Å². The maximum Gasteiger partial charge on any atom is 0.265 e. The van der Waals surface area contributed by atoms with Gasteiger partial charge in [-0.2, -0.15) is 0 Å². The van der Waals surface area contributed by atoms with Crippen LogP contribution in [0.4, 0.5) is 0 Å². The maximum atomic E-state index is 12.4. The largest absolute Gasteiger partial charge is 0.268 e. The molecule has 0 saturated carbocycles. The third-order valence-electron chi connectivity index (χ3n) is 3.95. The van der Waals surface area contributed by atoms with Crippen molar-refractivity contribution in [2.75, 3.05) is 0 Å². The first-order chi connectivity index (χ1) is 14.2. The van der Waals surface area contributed by atoms with Gasteiger partial charge in [-0.1, -0.05) is 42.5 Å². The quantitative estimate of drug-likeness (QED) is 0.598. The van der Waals surface area contributed by atoms with Gasteiger partial charge < -0.3 is 0 Å². The summed E-state index contributed by atoms with van der Waals surface area (Å²) in [5, 5.41) is 0. The van der Waals surface area contributed by atoms with Crippen LogP contribution in [-0.4, -0.2) is 28.6 Å². The molecule has 0 aliphatic heterocycles. The van der Waals surface area contributed by atoms with Crippen molar-refractivity contribution < 1.29 is 26.4 Å². The molecular weight excluding hydrogens is 428 g/mol. The van der Waals surface area contributed by atoms with E-state index in [1.54, 1.807) is 12.1 Å². The summed E-state index contributed by atoms with van der Waals surface area (Å²) in [6.45, 7) is 0. The molecule has 3 aromatic rings. The molecular formula is C20H16N2O6S2. The molecule has 3 aromatic carbocycles. The lowest BCUT2D eigenvalue weighted by Crippen LogP contribution is -2.32. The van der Waals surface area contributed by atoms with Gasteiger partial charge in [0.1, 0.15) is 0 Å². The maximum absolute atomic E-state index is 12.4. The molecule has 0 spiro atoms. The lowest BCUT2D eigenvalue weighted by molar-refractivity contribution is 0.0979. The van der Waals surface area contributed by atoms with E-state index in [4.69, 9.17) is 0 Å². The molecule has 154 valence electrons. The van der Waals surface area contributed by atoms with Crippen LogP contribution < -0.4 is 9.44 Å². The summed E-state index contributed by atoms with van der Waals surface area (Å²) in [6, 6.07) is 19.7. The van der Waals surface area contributed by atoms with Crippen LogP contribution in [0.5, 0.6) is 0 Å². The van der Waals surface area contributed by atoms with E-state index < -0.39 is 31.9 Å². The zero-order valence-electron chi connectivity index (χ0n) is 15.3. The summed E-state index contributed by atoms with van der Waals surface area (Å²) in [7, 11) is -8.20. The SMILES string of the molecule is O=C(NS(=O)(=O)c1ccccc1)c1cccc(C(=O)NS(=O)(=O)c2ccccc2)c1. The number of rotatable bonds is 6. The summed E-state index contributed by atoms with van der Waals surface area (Å²) in [5.41, 5.74) is -0.251. The van der Waals surface area contributed by atoms with Crippen molar-refractivity contribution in [3.8, 4) is 0 Å². The van der Waals surface area contributed by atoms with E-state index in [-0.39, 0.29) is 20.9 Å². The first-order valence-corrected chi connectivity index (χ1v) is 11.5. The number of hydrogen-bond acceptors (Lipinski definition) is 6. The molecule has 2 N–H and O–H groups in total. The number of carbonyl (C=O) groups is 2. The van der Waals surface area contributed by atoms with E-state index in [1.165, 1.54) is 66.7 Å². The van der Waals surface area contributed by atoms with Gasteiger partial charge in [-0.05, 0) is 42.5 Å². The van der Waals surface area contributed by atoms with E-state index in [1.807, 2.05) is 9.44 Å². The van der Waals surface area contributed by atoms with E-state index in [2.05, 4.69) is 0 Å². The van der Waals surface area contributed by atoms with Crippen LogP contribution in [0.2, 0.25) is 0 Å². The molecule has 0 fully saturated rings. The van der Waals surface area contributed by atoms with Gasteiger partial charge in [-0.3, -0.25) is 9.59 Å². The number of hydrogen-bond donors (Lipinski definition) is 2. The van der Waals surface area contributed by atoms with Crippen molar-refractivity contribution in [3.05, 3.63) is 96.1 Å². The smallest absolute Gasteiger partial charge is 0.265 e. The Morgan fingerprint density at radius 1 is 0.533 bits per heavy atom. The summed E-state index contributed by atoms with van der Waals surface area (Å²) >= 11 is 0. The fourth-order valence-electron chi connectivity index (χ4n) is 2.48. The second-order valence-electron chi connectivity index (χ2n) is 6.08. The minimum atomic E-state index is -4.10. The third kappa shape index (κ3) is 4.91. The molecule has 0 aromatic heterocycles. The Balaban J connectivity index is 1.79. The van der Waals surface area contributed by atoms with Gasteiger partial charge in [0.2, 0.25) is 0 Å². The monoisotopic (exact) mass is 444 g/mol. The molecule has 0 bridgehead atoms. The average Bonchev–Trinajstić information content (AvgIpc) is 2.74. The van der Waals surface area contributed by atoms with Crippen molar-refractivity contribution in [2.24, 2.45) is 0 Å². The number of sulfonamides is 2. The highest BCUT2D eigenvalue weighted by Gasteiger charge is 2.21. The number of nitrogens with one attached hydrogen (secondary N) is 2. The summed E-state index contributed by atoms with van der Waals surface area (Å²) < 4.78 is 53.0. The molecule has 30 heavy (non-hydrogen) atoms. The highest BCUT2D eigenvalue weighted by Crippen LogP contribution is 2.12. The zero-order valence-corrected chi connectivity index (χ0v) is 17.0. The van der Waals surface area contributed by atoms with Crippen molar-refractivity contribution in [3.63, 3.8) is 0 Å². The summed E-state index contributed by atoms with van der Waals surface area (Å²) in [4.78, 5) is 24.6. The van der Waals surface area contributed by atoms with Crippen LogP contribution in [0.1, 0.15) is 20.7 Å². The second-order valence-corrected chi connectivity index (χ2v) is 9.44. The second kappa shape index (κ2) is 8.47. The molecule has 3 rings (SSSR count). The van der Waals surface area contributed by atoms with Gasteiger partial charge >= 0.3 is 0 Å². The Hall–Kier alpha value is -3.50. The highest BCUT2D eigenvalue weighted by molar-refractivity contribution is 7.90. The van der Waals surface area contributed by atoms with Crippen LogP contribution in [0.15, 0.2) is 94.7 Å². The molecule has 0 heterocycles. The molecule has 0 aliphatic carbocycles. The Morgan fingerprint density at radius 3 is 1.27 bits per heavy atom. The zero-order chi connectivity index (χ0) is 21.8. The standard InChI is InChI=1S/C20H16N2O6S2/c23-19(21-29(25,26)17-10-3-1-4-11-17)15-8-7-9-16(14-15)20(24)22-30(27,28)18-12-5-2-6-13-18/h1-14H,(H,21,23)(H,22,24). The number of carbonyl (C=O) groups excluding carboxylic acids is 2. The van der Waals surface area contributed by atoms with E-state index in [9.17, 15) is 26.4 Å². The molecule has 0 radical (unpaired) electrons. The van der Waals surface area contributed by atoms with E-state index in [0.717, 1.165) is 6.07 Å². The summed E-state index contributed by atoms with van der Waals surface area (Å²) in [5.74, 6) is -1.92. The molecule has 8 nitrogen and oxygen atoms in total. The van der Waals surface area contributed by atoms with Crippen LogP contribution >= 0.6 is 0 Å². The lowest BCUT2D eigenvalue weighted by Gasteiger charge is -2.09. The van der Waals surface area contributed by atoms with Crippen LogP contribution in [0.25, 0.3) is 0 Å². The van der Waals surface area contributed by atoms with Crippen molar-refractivity contribution in [1.29, 1.82) is 0 Å². The van der Waals surface area contributed by atoms with E-state index in [0.29, 0.717) is 0 Å². The molecule has 0 saturated heterocycles. The molecule has 0 atom stereocenters. The summed E-state index contributed by atoms with van der Waals surface area (Å²) in [6.07, 6.45) is 0. The molecule has 10 heteroatoms. The lowest BCUT2D eigenvalue weighted by atomic mass is 10.1. The van der Waals surface area contributed by atoms with Crippen molar-refractivity contribution >= 4 is 31.9 Å². The Morgan fingerprint density at radius 2 is 0.900 bits per heavy atom. The fraction of sp³-hybridized carbons (Fsp3) is 0. The minimum absolute atomic E-state index is 0.0961. The van der Waals surface area contributed by atoms with Gasteiger partial charge in [0.25, 0.3) is 31.9 Å². The normalized spacial score (nSPS) is 11.5. The number of amides is 2. The van der Waals surface area contributed by atoms with E-state index >= 15 is 0 Å². The Bertz CT molecular complexity index is 1190. The predicted molar refractivity (Wildman–Crippen MR) is 109 cm³/mol. The third-order valence-corrected chi connectivity index (χ3v) is 6.64.